The molecule has 0 saturated heterocycles. The Kier molecular flexibility index (Phi) is 5.03. The maximum atomic E-state index is 5.64. The summed E-state index contributed by atoms with van der Waals surface area (Å²) in [6.07, 6.45) is 1.05. The number of nitrogens with one attached hydrogen (secondary N) is 1. The molecular weight excluding hydrogens is 202 g/mol. The molecule has 1 rings (SSSR count). The molecule has 1 heterocycles. The molecule has 92 valence electrons. The lowest BCUT2D eigenvalue weighted by Crippen LogP contribution is -2.23. The molecule has 0 aliphatic carbocycles. The lowest BCUT2D eigenvalue weighted by atomic mass is 10.0. The Hall–Kier alpha value is -0.800. The fraction of sp³-hybridized carbons (Fsp3) is 0.692. The Balaban J connectivity index is 2.78. The summed E-state index contributed by atoms with van der Waals surface area (Å²) in [6, 6.07) is 0.226. The number of furan rings is 1. The predicted octanol–water partition coefficient (Wildman–Crippen LogP) is 2.89. The van der Waals surface area contributed by atoms with Crippen LogP contribution in [0.1, 0.15) is 42.0 Å². The van der Waals surface area contributed by atoms with E-state index < -0.39 is 0 Å². The van der Waals surface area contributed by atoms with E-state index in [-0.39, 0.29) is 6.04 Å². The van der Waals surface area contributed by atoms with Crippen LogP contribution in [0.3, 0.4) is 0 Å². The van der Waals surface area contributed by atoms with Gasteiger partial charge in [0.15, 0.2) is 0 Å². The highest BCUT2D eigenvalue weighted by Gasteiger charge is 2.19. The van der Waals surface area contributed by atoms with Gasteiger partial charge in [-0.1, -0.05) is 6.92 Å². The third-order valence-electron chi connectivity index (χ3n) is 2.95. The van der Waals surface area contributed by atoms with Gasteiger partial charge in [-0.05, 0) is 39.8 Å². The van der Waals surface area contributed by atoms with Gasteiger partial charge >= 0.3 is 0 Å². The Bertz CT molecular complexity index is 331. The Morgan fingerprint density at radius 2 is 1.94 bits per heavy atom. The first-order valence-electron chi connectivity index (χ1n) is 5.93. The lowest BCUT2D eigenvalue weighted by molar-refractivity contribution is 0.113. The second-order valence-electron chi connectivity index (χ2n) is 4.17. The summed E-state index contributed by atoms with van der Waals surface area (Å²) in [5, 5.41) is 3.29. The molecule has 0 spiro atoms. The number of rotatable bonds is 6. The van der Waals surface area contributed by atoms with E-state index in [1.807, 2.05) is 20.9 Å². The third-order valence-corrected chi connectivity index (χ3v) is 2.95. The van der Waals surface area contributed by atoms with E-state index in [2.05, 4.69) is 19.2 Å². The molecule has 1 aromatic rings. The maximum absolute atomic E-state index is 5.64. The predicted molar refractivity (Wildman–Crippen MR) is 65.8 cm³/mol. The van der Waals surface area contributed by atoms with Gasteiger partial charge in [-0.25, -0.2) is 0 Å². The summed E-state index contributed by atoms with van der Waals surface area (Å²) < 4.78 is 11.2. The van der Waals surface area contributed by atoms with E-state index in [0.717, 1.165) is 24.5 Å². The van der Waals surface area contributed by atoms with Gasteiger partial charge in [0.2, 0.25) is 0 Å². The summed E-state index contributed by atoms with van der Waals surface area (Å²) in [4.78, 5) is 0. The summed E-state index contributed by atoms with van der Waals surface area (Å²) in [7, 11) is 1.96. The molecule has 3 heteroatoms. The van der Waals surface area contributed by atoms with Crippen LogP contribution in [0, 0.1) is 20.8 Å². The van der Waals surface area contributed by atoms with Gasteiger partial charge < -0.3 is 14.5 Å². The fourth-order valence-corrected chi connectivity index (χ4v) is 1.98. The molecule has 0 radical (unpaired) electrons. The molecule has 1 N–H and O–H groups in total. The van der Waals surface area contributed by atoms with Crippen LogP contribution in [0.2, 0.25) is 0 Å². The van der Waals surface area contributed by atoms with Crippen molar-refractivity contribution < 1.29 is 9.15 Å². The van der Waals surface area contributed by atoms with Crippen molar-refractivity contribution in [3.8, 4) is 0 Å². The second-order valence-corrected chi connectivity index (χ2v) is 4.17. The zero-order valence-electron chi connectivity index (χ0n) is 11.0. The Morgan fingerprint density at radius 1 is 1.25 bits per heavy atom. The van der Waals surface area contributed by atoms with E-state index in [1.165, 1.54) is 11.1 Å². The normalized spacial score (nSPS) is 13.1. The van der Waals surface area contributed by atoms with Crippen LogP contribution in [0.15, 0.2) is 4.42 Å². The molecule has 0 saturated carbocycles. The minimum Gasteiger partial charge on any atom is -0.466 e. The van der Waals surface area contributed by atoms with Crippen LogP contribution in [0.4, 0.5) is 0 Å². The third kappa shape index (κ3) is 2.86. The molecule has 1 unspecified atom stereocenters. The SMILES string of the molecule is CCCOCC(NC)c1c(C)oc(C)c1C. The molecule has 0 aromatic carbocycles. The zero-order valence-corrected chi connectivity index (χ0v) is 11.0. The van der Waals surface area contributed by atoms with Crippen molar-refractivity contribution in [3.05, 3.63) is 22.6 Å². The van der Waals surface area contributed by atoms with Crippen LogP contribution >= 0.6 is 0 Å². The maximum Gasteiger partial charge on any atom is 0.106 e. The molecule has 0 aliphatic heterocycles. The highest BCUT2D eigenvalue weighted by Crippen LogP contribution is 2.27. The van der Waals surface area contributed by atoms with E-state index in [9.17, 15) is 0 Å². The first-order chi connectivity index (χ1) is 7.61. The molecule has 0 amide bonds. The van der Waals surface area contributed by atoms with E-state index in [4.69, 9.17) is 9.15 Å². The fourth-order valence-electron chi connectivity index (χ4n) is 1.98. The van der Waals surface area contributed by atoms with Crippen molar-refractivity contribution in [1.82, 2.24) is 5.32 Å². The smallest absolute Gasteiger partial charge is 0.106 e. The number of hydrogen-bond donors (Lipinski definition) is 1. The van der Waals surface area contributed by atoms with Crippen LogP contribution in [-0.4, -0.2) is 20.3 Å². The summed E-state index contributed by atoms with van der Waals surface area (Å²) in [5.74, 6) is 2.00. The average molecular weight is 225 g/mol. The van der Waals surface area contributed by atoms with Crippen LogP contribution in [-0.2, 0) is 4.74 Å². The van der Waals surface area contributed by atoms with Crippen LogP contribution < -0.4 is 5.32 Å². The van der Waals surface area contributed by atoms with Crippen molar-refractivity contribution in [2.45, 2.75) is 40.2 Å². The molecule has 16 heavy (non-hydrogen) atoms. The van der Waals surface area contributed by atoms with E-state index in [1.54, 1.807) is 0 Å². The van der Waals surface area contributed by atoms with E-state index >= 15 is 0 Å². The lowest BCUT2D eigenvalue weighted by Gasteiger charge is -2.16. The summed E-state index contributed by atoms with van der Waals surface area (Å²) >= 11 is 0. The van der Waals surface area contributed by atoms with E-state index in [0.29, 0.717) is 6.61 Å². The number of likely N-dealkylation sites (N-methyl/N-ethyl adjacent to an activating group) is 1. The monoisotopic (exact) mass is 225 g/mol. The molecule has 3 nitrogen and oxygen atoms in total. The van der Waals surface area contributed by atoms with Gasteiger partial charge in [-0.2, -0.15) is 0 Å². The summed E-state index contributed by atoms with van der Waals surface area (Å²) in [5.41, 5.74) is 2.48. The van der Waals surface area contributed by atoms with Crippen molar-refractivity contribution in [2.75, 3.05) is 20.3 Å². The Labute approximate surface area is 98.2 Å². The minimum atomic E-state index is 0.226. The molecule has 1 aromatic heterocycles. The molecule has 0 fully saturated rings. The number of ether oxygens (including phenoxy) is 1. The van der Waals surface area contributed by atoms with Crippen molar-refractivity contribution in [2.24, 2.45) is 0 Å². The van der Waals surface area contributed by atoms with Gasteiger partial charge in [-0.3, -0.25) is 0 Å². The topological polar surface area (TPSA) is 34.4 Å². The first-order valence-corrected chi connectivity index (χ1v) is 5.93. The van der Waals surface area contributed by atoms with Gasteiger partial charge in [-0.15, -0.1) is 0 Å². The average Bonchev–Trinajstić information content (AvgIpc) is 2.50. The first kappa shape index (κ1) is 13.3. The van der Waals surface area contributed by atoms with Crippen molar-refractivity contribution >= 4 is 0 Å². The standard InChI is InChI=1S/C13H23NO2/c1-6-7-15-8-12(14-5)13-9(2)10(3)16-11(13)4/h12,14H,6-8H2,1-5H3. The molecular formula is C13H23NO2. The second kappa shape index (κ2) is 6.06. The molecule has 1 atom stereocenters. The Morgan fingerprint density at radius 3 is 2.38 bits per heavy atom. The highest BCUT2D eigenvalue weighted by atomic mass is 16.5. The molecule has 0 aliphatic rings. The van der Waals surface area contributed by atoms with Gasteiger partial charge in [0, 0.05) is 12.2 Å². The van der Waals surface area contributed by atoms with Gasteiger partial charge in [0.1, 0.15) is 11.5 Å². The minimum absolute atomic E-state index is 0.226. The highest BCUT2D eigenvalue weighted by molar-refractivity contribution is 5.34. The van der Waals surface area contributed by atoms with Gasteiger partial charge in [0.05, 0.1) is 12.6 Å². The van der Waals surface area contributed by atoms with Crippen LogP contribution in [0.25, 0.3) is 0 Å². The zero-order chi connectivity index (χ0) is 12.1. The van der Waals surface area contributed by atoms with Crippen LogP contribution in [0.5, 0.6) is 0 Å². The molecule has 0 bridgehead atoms. The summed E-state index contributed by atoms with van der Waals surface area (Å²) in [6.45, 7) is 9.75. The number of aryl methyl sites for hydroxylation is 2. The van der Waals surface area contributed by atoms with Crippen molar-refractivity contribution in [1.29, 1.82) is 0 Å². The van der Waals surface area contributed by atoms with Gasteiger partial charge in [0.25, 0.3) is 0 Å². The quantitative estimate of drug-likeness (QED) is 0.756. The van der Waals surface area contributed by atoms with Crippen molar-refractivity contribution in [3.63, 3.8) is 0 Å². The number of hydrogen-bond acceptors (Lipinski definition) is 3. The largest absolute Gasteiger partial charge is 0.466 e.